The molecule has 2 amide bonds. The number of carbonyl (C=O) groups is 2. The van der Waals surface area contributed by atoms with Crippen LogP contribution in [-0.2, 0) is 14.6 Å². The fraction of sp³-hybridized carbons (Fsp3) is 0.200. The van der Waals surface area contributed by atoms with Crippen LogP contribution in [0.25, 0.3) is 0 Å². The molecule has 0 aliphatic rings. The molecule has 1 aromatic carbocycles. The third kappa shape index (κ3) is 4.12. The number of benzene rings is 1. The molecule has 9 heteroatoms. The van der Waals surface area contributed by atoms with Gasteiger partial charge in [0.25, 0.3) is 5.91 Å². The zero-order valence-corrected chi connectivity index (χ0v) is 14.7. The van der Waals surface area contributed by atoms with Crippen LogP contribution in [0.2, 0.25) is 0 Å². The SMILES string of the molecule is CNC(=O)c1ccsc1NC(=O)CS(=O)(=O)c1ccc(OC)cc1. The van der Waals surface area contributed by atoms with Gasteiger partial charge in [-0.25, -0.2) is 8.42 Å². The monoisotopic (exact) mass is 368 g/mol. The van der Waals surface area contributed by atoms with E-state index in [1.807, 2.05) is 0 Å². The molecule has 2 N–H and O–H groups in total. The normalized spacial score (nSPS) is 10.9. The lowest BCUT2D eigenvalue weighted by Crippen LogP contribution is -2.24. The molecule has 0 atom stereocenters. The van der Waals surface area contributed by atoms with Gasteiger partial charge in [0, 0.05) is 7.05 Å². The average molecular weight is 368 g/mol. The molecular formula is C15H16N2O5S2. The van der Waals surface area contributed by atoms with Gasteiger partial charge in [-0.2, -0.15) is 0 Å². The number of ether oxygens (including phenoxy) is 1. The number of rotatable bonds is 6. The third-order valence-electron chi connectivity index (χ3n) is 3.13. The van der Waals surface area contributed by atoms with Crippen LogP contribution in [0.3, 0.4) is 0 Å². The molecule has 24 heavy (non-hydrogen) atoms. The predicted octanol–water partition coefficient (Wildman–Crippen LogP) is 1.53. The average Bonchev–Trinajstić information content (AvgIpc) is 3.01. The molecule has 2 rings (SSSR count). The van der Waals surface area contributed by atoms with Gasteiger partial charge >= 0.3 is 0 Å². The van der Waals surface area contributed by atoms with Crippen LogP contribution in [-0.4, -0.2) is 40.1 Å². The van der Waals surface area contributed by atoms with Crippen LogP contribution < -0.4 is 15.4 Å². The first kappa shape index (κ1) is 18.0. The summed E-state index contributed by atoms with van der Waals surface area (Å²) in [4.78, 5) is 23.7. The van der Waals surface area contributed by atoms with Gasteiger partial charge in [-0.15, -0.1) is 11.3 Å². The van der Waals surface area contributed by atoms with Crippen molar-refractivity contribution >= 4 is 38.0 Å². The Labute approximate surface area is 143 Å². The molecule has 0 bridgehead atoms. The van der Waals surface area contributed by atoms with E-state index in [0.717, 1.165) is 11.3 Å². The highest BCUT2D eigenvalue weighted by Gasteiger charge is 2.21. The van der Waals surface area contributed by atoms with Crippen molar-refractivity contribution in [1.29, 1.82) is 0 Å². The highest BCUT2D eigenvalue weighted by Crippen LogP contribution is 2.23. The van der Waals surface area contributed by atoms with Crippen molar-refractivity contribution in [2.45, 2.75) is 4.90 Å². The molecule has 1 heterocycles. The molecule has 0 saturated carbocycles. The van der Waals surface area contributed by atoms with Gasteiger partial charge in [0.05, 0.1) is 17.6 Å². The summed E-state index contributed by atoms with van der Waals surface area (Å²) in [6.45, 7) is 0. The third-order valence-corrected chi connectivity index (χ3v) is 5.59. The molecule has 0 aliphatic heterocycles. The standard InChI is InChI=1S/C15H16N2O5S2/c1-16-14(19)12-7-8-23-15(12)17-13(18)9-24(20,21)11-5-3-10(22-2)4-6-11/h3-8H,9H2,1-2H3,(H,16,19)(H,17,18). The summed E-state index contributed by atoms with van der Waals surface area (Å²) in [7, 11) is -0.844. The van der Waals surface area contributed by atoms with Gasteiger partial charge in [-0.3, -0.25) is 9.59 Å². The van der Waals surface area contributed by atoms with E-state index in [1.165, 1.54) is 38.4 Å². The van der Waals surface area contributed by atoms with E-state index in [4.69, 9.17) is 4.74 Å². The summed E-state index contributed by atoms with van der Waals surface area (Å²) < 4.78 is 29.5. The number of methoxy groups -OCH3 is 1. The molecule has 7 nitrogen and oxygen atoms in total. The Morgan fingerprint density at radius 3 is 2.42 bits per heavy atom. The van der Waals surface area contributed by atoms with E-state index in [1.54, 1.807) is 11.4 Å². The van der Waals surface area contributed by atoms with Crippen LogP contribution in [0.1, 0.15) is 10.4 Å². The Kier molecular flexibility index (Phi) is 5.58. The molecule has 128 valence electrons. The quantitative estimate of drug-likeness (QED) is 0.805. The molecule has 0 fully saturated rings. The minimum Gasteiger partial charge on any atom is -0.497 e. The second-order valence-electron chi connectivity index (χ2n) is 4.73. The minimum absolute atomic E-state index is 0.0242. The second-order valence-corrected chi connectivity index (χ2v) is 7.63. The van der Waals surface area contributed by atoms with Crippen molar-refractivity contribution < 1.29 is 22.7 Å². The Balaban J connectivity index is 2.11. The summed E-state index contributed by atoms with van der Waals surface area (Å²) in [5.74, 6) is -1.26. The molecule has 0 unspecified atom stereocenters. The maximum absolute atomic E-state index is 12.3. The summed E-state index contributed by atoms with van der Waals surface area (Å²) in [6.07, 6.45) is 0. The van der Waals surface area contributed by atoms with Crippen LogP contribution in [0.15, 0.2) is 40.6 Å². The minimum atomic E-state index is -3.79. The van der Waals surface area contributed by atoms with Gasteiger partial charge < -0.3 is 15.4 Å². The number of thiophene rings is 1. The number of carbonyl (C=O) groups excluding carboxylic acids is 2. The maximum atomic E-state index is 12.3. The second kappa shape index (κ2) is 7.45. The van der Waals surface area contributed by atoms with Crippen molar-refractivity contribution in [3.05, 3.63) is 41.3 Å². The number of nitrogens with one attached hydrogen (secondary N) is 2. The lowest BCUT2D eigenvalue weighted by molar-refractivity contribution is -0.113. The number of anilines is 1. The van der Waals surface area contributed by atoms with Crippen molar-refractivity contribution in [1.82, 2.24) is 5.32 Å². The van der Waals surface area contributed by atoms with Gasteiger partial charge in [-0.1, -0.05) is 0 Å². The van der Waals surface area contributed by atoms with Gasteiger partial charge in [-0.05, 0) is 35.7 Å². The van der Waals surface area contributed by atoms with E-state index in [9.17, 15) is 18.0 Å². The van der Waals surface area contributed by atoms with Gasteiger partial charge in [0.2, 0.25) is 5.91 Å². The molecule has 1 aromatic heterocycles. The zero-order chi connectivity index (χ0) is 17.7. The van der Waals surface area contributed by atoms with Crippen molar-refractivity contribution in [2.24, 2.45) is 0 Å². The Bertz CT molecular complexity index is 841. The van der Waals surface area contributed by atoms with Gasteiger partial charge in [0.1, 0.15) is 16.5 Å². The molecule has 0 radical (unpaired) electrons. The van der Waals surface area contributed by atoms with Crippen molar-refractivity contribution in [3.8, 4) is 5.75 Å². The smallest absolute Gasteiger partial charge is 0.254 e. The maximum Gasteiger partial charge on any atom is 0.254 e. The zero-order valence-electron chi connectivity index (χ0n) is 13.0. The molecule has 0 saturated heterocycles. The first-order valence-corrected chi connectivity index (χ1v) is 9.37. The van der Waals surface area contributed by atoms with Crippen molar-refractivity contribution in [2.75, 3.05) is 25.2 Å². The van der Waals surface area contributed by atoms with E-state index < -0.39 is 21.5 Å². The molecule has 0 spiro atoms. The van der Waals surface area contributed by atoms with Gasteiger partial charge in [0.15, 0.2) is 9.84 Å². The Morgan fingerprint density at radius 1 is 1.17 bits per heavy atom. The lowest BCUT2D eigenvalue weighted by atomic mass is 10.3. The fourth-order valence-corrected chi connectivity index (χ4v) is 3.86. The first-order valence-electron chi connectivity index (χ1n) is 6.83. The van der Waals surface area contributed by atoms with E-state index in [-0.39, 0.29) is 16.4 Å². The summed E-state index contributed by atoms with van der Waals surface area (Å²) in [6, 6.07) is 7.32. The van der Waals surface area contributed by atoms with E-state index in [0.29, 0.717) is 10.8 Å². The van der Waals surface area contributed by atoms with Crippen LogP contribution >= 0.6 is 11.3 Å². The van der Waals surface area contributed by atoms with Crippen LogP contribution in [0.5, 0.6) is 5.75 Å². The summed E-state index contributed by atoms with van der Waals surface area (Å²) in [5, 5.41) is 6.87. The fourth-order valence-electron chi connectivity index (χ4n) is 1.92. The molecule has 2 aromatic rings. The van der Waals surface area contributed by atoms with E-state index in [2.05, 4.69) is 10.6 Å². The predicted molar refractivity (Wildman–Crippen MR) is 91.4 cm³/mol. The van der Waals surface area contributed by atoms with Crippen LogP contribution in [0.4, 0.5) is 5.00 Å². The lowest BCUT2D eigenvalue weighted by Gasteiger charge is -2.07. The first-order chi connectivity index (χ1) is 11.4. The molecular weight excluding hydrogens is 352 g/mol. The molecule has 0 aliphatic carbocycles. The van der Waals surface area contributed by atoms with Crippen LogP contribution in [0, 0.1) is 0 Å². The number of amides is 2. The van der Waals surface area contributed by atoms with Crippen molar-refractivity contribution in [3.63, 3.8) is 0 Å². The number of hydrogen-bond acceptors (Lipinski definition) is 6. The number of hydrogen-bond donors (Lipinski definition) is 2. The Hall–Kier alpha value is -2.39. The van der Waals surface area contributed by atoms with E-state index >= 15 is 0 Å². The summed E-state index contributed by atoms with van der Waals surface area (Å²) >= 11 is 1.14. The highest BCUT2D eigenvalue weighted by atomic mass is 32.2. The number of sulfone groups is 1. The Morgan fingerprint density at radius 2 is 1.83 bits per heavy atom. The largest absolute Gasteiger partial charge is 0.497 e. The topological polar surface area (TPSA) is 102 Å². The summed E-state index contributed by atoms with van der Waals surface area (Å²) in [5.41, 5.74) is 0.290. The highest BCUT2D eigenvalue weighted by molar-refractivity contribution is 7.92.